The Morgan fingerprint density at radius 1 is 0.938 bits per heavy atom. The molecule has 280 valence electrons. The molecule has 0 radical (unpaired) electrons. The van der Waals surface area contributed by atoms with Crippen LogP contribution in [0.15, 0.2) is 0 Å². The molecule has 5 aliphatic rings. The molecule has 3 saturated heterocycles. The summed E-state index contributed by atoms with van der Waals surface area (Å²) in [4.78, 5) is 2.37. The predicted octanol–water partition coefficient (Wildman–Crippen LogP) is 2.55. The first-order valence-corrected chi connectivity index (χ1v) is 20.0. The number of likely N-dealkylation sites (tertiary alicyclic amines) is 1. The Labute approximate surface area is 286 Å². The van der Waals surface area contributed by atoms with Crippen LogP contribution in [0.2, 0.25) is 0 Å². The van der Waals surface area contributed by atoms with E-state index in [-0.39, 0.29) is 49.9 Å². The highest BCUT2D eigenvalue weighted by molar-refractivity contribution is 8.00. The molecule has 0 amide bonds. The van der Waals surface area contributed by atoms with Crippen LogP contribution in [0.3, 0.4) is 0 Å². The summed E-state index contributed by atoms with van der Waals surface area (Å²) in [5.41, 5.74) is 11.9. The molecule has 17 heteroatoms. The summed E-state index contributed by atoms with van der Waals surface area (Å²) in [6, 6.07) is 0.276. The molecular weight excluding hydrogens is 678 g/mol. The highest BCUT2D eigenvalue weighted by Crippen LogP contribution is 2.47. The minimum Gasteiger partial charge on any atom is -0.375 e. The Balaban J connectivity index is 1.27. The van der Waals surface area contributed by atoms with E-state index >= 15 is 4.39 Å². The molecule has 48 heavy (non-hydrogen) atoms. The van der Waals surface area contributed by atoms with Gasteiger partial charge in [0.05, 0.1) is 28.5 Å². The number of ether oxygens (including phenoxy) is 1. The van der Waals surface area contributed by atoms with Gasteiger partial charge in [-0.1, -0.05) is 0 Å². The first kappa shape index (κ1) is 38.9. The molecule has 5 fully saturated rings. The van der Waals surface area contributed by atoms with Crippen molar-refractivity contribution < 1.29 is 35.1 Å². The average molecular weight is 734 g/mol. The Morgan fingerprint density at radius 3 is 2.17 bits per heavy atom. The van der Waals surface area contributed by atoms with Gasteiger partial charge < -0.3 is 10.5 Å². The van der Waals surface area contributed by atoms with Crippen molar-refractivity contribution in [2.24, 2.45) is 17.6 Å². The lowest BCUT2D eigenvalue weighted by atomic mass is 9.76. The number of hydrogen-bond acceptors (Lipinski definition) is 11. The number of halogens is 5. The second-order valence-electron chi connectivity index (χ2n) is 15.0. The molecule has 3 aliphatic heterocycles. The second kappa shape index (κ2) is 16.1. The number of piperidine rings is 1. The number of methoxy groups -OCH3 is 1. The van der Waals surface area contributed by atoms with Crippen molar-refractivity contribution in [2.45, 2.75) is 154 Å². The molecule has 2 aliphatic carbocycles. The van der Waals surface area contributed by atoms with Gasteiger partial charge in [-0.3, -0.25) is 26.3 Å². The smallest absolute Gasteiger partial charge is 0.158 e. The fraction of sp³-hybridized carbons (Fsp3) is 1.00. The van der Waals surface area contributed by atoms with Gasteiger partial charge in [0.25, 0.3) is 0 Å². The molecule has 0 spiro atoms. The molecule has 0 aromatic heterocycles. The Kier molecular flexibility index (Phi) is 13.0. The van der Waals surface area contributed by atoms with Gasteiger partial charge in [0.2, 0.25) is 0 Å². The number of rotatable bonds is 11. The SMILES string of the molecule is COC1C(NC2CC(C)NN2)NC(SC2CCC(S(=O)(=O)C(C)(C)C3C(F)C(F)CC(F)C3F)CC2F)NC1N1CCC(CCN)CC1. The Morgan fingerprint density at radius 2 is 1.60 bits per heavy atom. The van der Waals surface area contributed by atoms with Crippen LogP contribution in [-0.4, -0.2) is 122 Å². The van der Waals surface area contributed by atoms with E-state index in [0.717, 1.165) is 52.6 Å². The van der Waals surface area contributed by atoms with Crippen molar-refractivity contribution >= 4 is 21.6 Å². The molecule has 5 rings (SSSR count). The topological polar surface area (TPSA) is 133 Å². The van der Waals surface area contributed by atoms with Crippen LogP contribution in [0.5, 0.6) is 0 Å². The van der Waals surface area contributed by atoms with Gasteiger partial charge >= 0.3 is 0 Å². The fourth-order valence-electron chi connectivity index (χ4n) is 8.48. The standard InChI is InChI=1S/C31H56F5N7O3S2/c1-16-13-23(42-41-16)38-28-27(46-4)29(43-11-8-17(7-10-37)9-12-43)40-30(39-28)47-22-6-5-18(14-19(22)32)48(44,45)31(2,3)24-25(35)20(33)15-21(34)26(24)36/h16-30,38-42H,5-15,37H2,1-4H3. The number of nitrogens with zero attached hydrogens (tertiary/aromatic N) is 1. The van der Waals surface area contributed by atoms with Gasteiger partial charge in [-0.05, 0) is 91.3 Å². The third kappa shape index (κ3) is 8.15. The van der Waals surface area contributed by atoms with E-state index in [4.69, 9.17) is 10.5 Å². The second-order valence-corrected chi connectivity index (χ2v) is 19.2. The maximum absolute atomic E-state index is 16.0. The van der Waals surface area contributed by atoms with Gasteiger partial charge in [-0.2, -0.15) is 0 Å². The van der Waals surface area contributed by atoms with E-state index in [1.165, 1.54) is 11.8 Å². The predicted molar refractivity (Wildman–Crippen MR) is 178 cm³/mol. The first-order valence-electron chi connectivity index (χ1n) is 17.5. The highest BCUT2D eigenvalue weighted by atomic mass is 32.2. The maximum atomic E-state index is 16.0. The third-order valence-corrected chi connectivity index (χ3v) is 15.9. The lowest BCUT2D eigenvalue weighted by Crippen LogP contribution is -2.75. The van der Waals surface area contributed by atoms with Crippen LogP contribution >= 0.6 is 11.8 Å². The van der Waals surface area contributed by atoms with Crippen LogP contribution in [0.25, 0.3) is 0 Å². The van der Waals surface area contributed by atoms with Crippen molar-refractivity contribution in [3.8, 4) is 0 Å². The van der Waals surface area contributed by atoms with Gasteiger partial charge in [0.15, 0.2) is 9.84 Å². The van der Waals surface area contributed by atoms with Gasteiger partial charge in [0.1, 0.15) is 42.5 Å². The van der Waals surface area contributed by atoms with Gasteiger partial charge in [0, 0.05) is 30.7 Å². The number of nitrogens with two attached hydrogens (primary N) is 1. The van der Waals surface area contributed by atoms with Crippen molar-refractivity contribution in [3.63, 3.8) is 0 Å². The summed E-state index contributed by atoms with van der Waals surface area (Å²) >= 11 is 1.36. The van der Waals surface area contributed by atoms with Gasteiger partial charge in [-0.15, -0.1) is 11.8 Å². The van der Waals surface area contributed by atoms with E-state index in [2.05, 4.69) is 38.6 Å². The lowest BCUT2D eigenvalue weighted by molar-refractivity contribution is -0.0651. The Hall–Kier alpha value is -0.370. The minimum absolute atomic E-state index is 0.0230. The van der Waals surface area contributed by atoms with Crippen molar-refractivity contribution in [1.29, 1.82) is 0 Å². The summed E-state index contributed by atoms with van der Waals surface area (Å²) in [6.07, 6.45) is -8.98. The van der Waals surface area contributed by atoms with Crippen LogP contribution < -0.4 is 32.5 Å². The van der Waals surface area contributed by atoms with E-state index in [9.17, 15) is 26.0 Å². The first-order chi connectivity index (χ1) is 22.7. The minimum atomic E-state index is -4.38. The van der Waals surface area contributed by atoms with Crippen LogP contribution in [0.1, 0.15) is 72.1 Å². The number of nitrogens with one attached hydrogen (secondary N) is 5. The summed E-state index contributed by atoms with van der Waals surface area (Å²) < 4.78 is 106. The Bertz CT molecular complexity index is 1150. The zero-order valence-electron chi connectivity index (χ0n) is 28.4. The highest BCUT2D eigenvalue weighted by Gasteiger charge is 2.59. The summed E-state index contributed by atoms with van der Waals surface area (Å²) in [7, 11) is -2.70. The molecule has 10 nitrogen and oxygen atoms in total. The van der Waals surface area contributed by atoms with E-state index < -0.39 is 73.8 Å². The molecule has 0 aromatic carbocycles. The van der Waals surface area contributed by atoms with E-state index in [1.807, 2.05) is 0 Å². The zero-order valence-corrected chi connectivity index (χ0v) is 30.0. The molecular formula is C31H56F5N7O3S2. The van der Waals surface area contributed by atoms with Crippen molar-refractivity contribution in [3.05, 3.63) is 0 Å². The van der Waals surface area contributed by atoms with Crippen molar-refractivity contribution in [2.75, 3.05) is 26.7 Å². The summed E-state index contributed by atoms with van der Waals surface area (Å²) in [5.74, 6) is -1.45. The molecule has 0 bridgehead atoms. The van der Waals surface area contributed by atoms with Crippen LogP contribution in [0.4, 0.5) is 22.0 Å². The number of thioether (sulfide) groups is 1. The van der Waals surface area contributed by atoms with Crippen LogP contribution in [-0.2, 0) is 14.6 Å². The summed E-state index contributed by atoms with van der Waals surface area (Å²) in [6.45, 7) is 6.72. The largest absolute Gasteiger partial charge is 0.375 e. The molecule has 7 N–H and O–H groups in total. The number of sulfone groups is 1. The number of hydrogen-bond donors (Lipinski definition) is 6. The lowest BCUT2D eigenvalue weighted by Gasteiger charge is -2.50. The quantitative estimate of drug-likeness (QED) is 0.175. The molecule has 0 aromatic rings. The molecule has 3 heterocycles. The molecule has 2 saturated carbocycles. The number of alkyl halides is 5. The van der Waals surface area contributed by atoms with Gasteiger partial charge in [-0.25, -0.2) is 35.8 Å². The summed E-state index contributed by atoms with van der Waals surface area (Å²) in [5, 5.41) is 9.04. The normalized spacial score (nSPS) is 44.2. The van der Waals surface area contributed by atoms with Crippen LogP contribution in [0, 0.1) is 11.8 Å². The average Bonchev–Trinajstić information content (AvgIpc) is 3.45. The van der Waals surface area contributed by atoms with E-state index in [0.29, 0.717) is 12.5 Å². The third-order valence-electron chi connectivity index (χ3n) is 11.4. The number of hydrazine groups is 1. The zero-order chi connectivity index (χ0) is 35.0. The molecule has 13 unspecified atom stereocenters. The maximum Gasteiger partial charge on any atom is 0.158 e. The molecule has 13 atom stereocenters. The monoisotopic (exact) mass is 733 g/mol. The van der Waals surface area contributed by atoms with E-state index in [1.54, 1.807) is 7.11 Å². The fourth-order valence-corrected chi connectivity index (χ4v) is 12.2. The van der Waals surface area contributed by atoms with Crippen molar-refractivity contribution in [1.82, 2.24) is 31.7 Å².